The number of rotatable bonds is 3. The van der Waals surface area contributed by atoms with Crippen LogP contribution in [-0.4, -0.2) is 22.8 Å². The third-order valence-electron chi connectivity index (χ3n) is 4.17. The van der Waals surface area contributed by atoms with Gasteiger partial charge in [0, 0.05) is 11.1 Å². The average Bonchev–Trinajstić information content (AvgIpc) is 2.41. The van der Waals surface area contributed by atoms with E-state index in [2.05, 4.69) is 0 Å². The van der Waals surface area contributed by atoms with E-state index in [-0.39, 0.29) is 10.8 Å². The molecule has 0 aromatic heterocycles. The van der Waals surface area contributed by atoms with Crippen molar-refractivity contribution in [3.05, 3.63) is 28.8 Å². The summed E-state index contributed by atoms with van der Waals surface area (Å²) in [6.07, 6.45) is -0.766. The van der Waals surface area contributed by atoms with Gasteiger partial charge in [0.2, 0.25) is 0 Å². The molecule has 1 N–H and O–H groups in total. The molecule has 0 radical (unpaired) electrons. The monoisotopic (exact) mass is 378 g/mol. The van der Waals surface area contributed by atoms with Crippen molar-refractivity contribution in [1.29, 1.82) is 0 Å². The number of carboxylic acid groups (broad SMARTS) is 1. The van der Waals surface area contributed by atoms with E-state index in [0.29, 0.717) is 11.3 Å². The normalized spacial score (nSPS) is 13.9. The van der Waals surface area contributed by atoms with Crippen LogP contribution in [0.4, 0.5) is 4.79 Å². The summed E-state index contributed by atoms with van der Waals surface area (Å²) >= 11 is 0. The first-order chi connectivity index (χ1) is 11.9. The summed E-state index contributed by atoms with van der Waals surface area (Å²) in [6, 6.07) is 3.65. The molecule has 1 aromatic rings. The van der Waals surface area contributed by atoms with Crippen LogP contribution in [0.2, 0.25) is 0 Å². The fraction of sp³-hybridized carbons (Fsp3) is 0.636. The Labute approximate surface area is 163 Å². The van der Waals surface area contributed by atoms with Crippen LogP contribution in [0.15, 0.2) is 12.1 Å². The SMILES string of the molecule is CC(C(=O)O)c1cc(C(C)(C)C)c(OC(=O)OC(C)(C)C)c(C(C)(C)C)c1. The van der Waals surface area contributed by atoms with Gasteiger partial charge in [-0.25, -0.2) is 4.79 Å². The van der Waals surface area contributed by atoms with Gasteiger partial charge in [0.05, 0.1) is 5.92 Å². The van der Waals surface area contributed by atoms with Crippen LogP contribution in [0.3, 0.4) is 0 Å². The molecule has 152 valence electrons. The van der Waals surface area contributed by atoms with Crippen LogP contribution in [0.5, 0.6) is 5.75 Å². The number of carbonyl (C=O) groups excluding carboxylic acids is 1. The van der Waals surface area contributed by atoms with Gasteiger partial charge in [-0.15, -0.1) is 0 Å². The molecule has 0 fully saturated rings. The molecule has 1 unspecified atom stereocenters. The Hall–Kier alpha value is -2.04. The van der Waals surface area contributed by atoms with Crippen molar-refractivity contribution in [3.63, 3.8) is 0 Å². The standard InChI is InChI=1S/C22H34O5/c1-13(18(23)24)14-11-15(20(2,3)4)17(16(12-14)21(5,6)7)26-19(25)27-22(8,9)10/h11-13H,1-10H3,(H,23,24). The van der Waals surface area contributed by atoms with E-state index in [1.165, 1.54) is 0 Å². The lowest BCUT2D eigenvalue weighted by atomic mass is 9.77. The van der Waals surface area contributed by atoms with E-state index >= 15 is 0 Å². The summed E-state index contributed by atoms with van der Waals surface area (Å²) < 4.78 is 11.0. The lowest BCUT2D eigenvalue weighted by Gasteiger charge is -2.31. The van der Waals surface area contributed by atoms with Gasteiger partial charge in [0.15, 0.2) is 0 Å². The van der Waals surface area contributed by atoms with Crippen molar-refractivity contribution < 1.29 is 24.2 Å². The zero-order valence-corrected chi connectivity index (χ0v) is 18.3. The number of carbonyl (C=O) groups is 2. The second-order valence-electron chi connectivity index (χ2n) is 10.1. The molecule has 0 heterocycles. The Morgan fingerprint density at radius 1 is 0.889 bits per heavy atom. The molecule has 27 heavy (non-hydrogen) atoms. The van der Waals surface area contributed by atoms with E-state index < -0.39 is 23.6 Å². The number of hydrogen-bond acceptors (Lipinski definition) is 4. The third kappa shape index (κ3) is 6.26. The molecule has 0 spiro atoms. The van der Waals surface area contributed by atoms with Gasteiger partial charge >= 0.3 is 12.1 Å². The maximum Gasteiger partial charge on any atom is 0.514 e. The van der Waals surface area contributed by atoms with E-state index in [9.17, 15) is 14.7 Å². The lowest BCUT2D eigenvalue weighted by molar-refractivity contribution is -0.138. The highest BCUT2D eigenvalue weighted by Crippen LogP contribution is 2.42. The van der Waals surface area contributed by atoms with Crippen LogP contribution in [-0.2, 0) is 20.4 Å². The molecule has 1 rings (SSSR count). The highest BCUT2D eigenvalue weighted by molar-refractivity contribution is 5.76. The van der Waals surface area contributed by atoms with Crippen LogP contribution < -0.4 is 4.74 Å². The van der Waals surface area contributed by atoms with Gasteiger partial charge in [-0.3, -0.25) is 4.79 Å². The molecule has 0 bridgehead atoms. The highest BCUT2D eigenvalue weighted by Gasteiger charge is 2.32. The minimum atomic E-state index is -0.893. The van der Waals surface area contributed by atoms with Crippen LogP contribution in [0.1, 0.15) is 91.8 Å². The first-order valence-corrected chi connectivity index (χ1v) is 9.26. The zero-order chi connectivity index (χ0) is 21.4. The zero-order valence-electron chi connectivity index (χ0n) is 18.3. The molecule has 0 aliphatic heterocycles. The largest absolute Gasteiger partial charge is 0.514 e. The second-order valence-corrected chi connectivity index (χ2v) is 10.1. The van der Waals surface area contributed by atoms with Crippen molar-refractivity contribution in [2.75, 3.05) is 0 Å². The molecule has 1 aromatic carbocycles. The Morgan fingerprint density at radius 3 is 1.59 bits per heavy atom. The van der Waals surface area contributed by atoms with E-state index in [1.54, 1.807) is 27.7 Å². The predicted octanol–water partition coefficient (Wildman–Crippen LogP) is 5.78. The Kier molecular flexibility index (Phi) is 6.41. The van der Waals surface area contributed by atoms with Crippen molar-refractivity contribution in [2.45, 2.75) is 91.6 Å². The smallest absolute Gasteiger partial charge is 0.481 e. The van der Waals surface area contributed by atoms with Gasteiger partial charge in [-0.2, -0.15) is 0 Å². The van der Waals surface area contributed by atoms with Gasteiger partial charge in [-0.05, 0) is 44.1 Å². The molecule has 0 saturated heterocycles. The van der Waals surface area contributed by atoms with Gasteiger partial charge in [0.1, 0.15) is 11.4 Å². The van der Waals surface area contributed by atoms with Crippen molar-refractivity contribution in [2.24, 2.45) is 0 Å². The molecule has 0 aliphatic rings. The van der Waals surface area contributed by atoms with E-state index in [0.717, 1.165) is 11.1 Å². The summed E-state index contributed by atoms with van der Waals surface area (Å²) in [7, 11) is 0. The van der Waals surface area contributed by atoms with Crippen molar-refractivity contribution in [1.82, 2.24) is 0 Å². The molecule has 0 saturated carbocycles. The molecule has 0 aliphatic carbocycles. The predicted molar refractivity (Wildman–Crippen MR) is 107 cm³/mol. The molecule has 5 nitrogen and oxygen atoms in total. The highest BCUT2D eigenvalue weighted by atomic mass is 16.7. The third-order valence-corrected chi connectivity index (χ3v) is 4.17. The fourth-order valence-corrected chi connectivity index (χ4v) is 2.62. The lowest BCUT2D eigenvalue weighted by Crippen LogP contribution is -2.28. The molecule has 1 atom stereocenters. The van der Waals surface area contributed by atoms with Gasteiger partial charge in [-0.1, -0.05) is 53.7 Å². The summed E-state index contributed by atoms with van der Waals surface area (Å²) in [6.45, 7) is 19.0. The van der Waals surface area contributed by atoms with Crippen LogP contribution >= 0.6 is 0 Å². The second kappa shape index (κ2) is 7.53. The van der Waals surface area contributed by atoms with Crippen LogP contribution in [0.25, 0.3) is 0 Å². The quantitative estimate of drug-likeness (QED) is 0.533. The Balaban J connectivity index is 3.67. The Bertz CT molecular complexity index is 677. The summed E-state index contributed by atoms with van der Waals surface area (Å²) in [5, 5.41) is 9.46. The average molecular weight is 379 g/mol. The molecule has 0 amide bonds. The maximum atomic E-state index is 12.4. The Morgan fingerprint density at radius 2 is 1.30 bits per heavy atom. The first-order valence-electron chi connectivity index (χ1n) is 9.26. The first kappa shape index (κ1) is 23.0. The molecular formula is C22H34O5. The van der Waals surface area contributed by atoms with Gasteiger partial charge in [0.25, 0.3) is 0 Å². The summed E-state index contributed by atoms with van der Waals surface area (Å²) in [5.74, 6) is -1.11. The maximum absolute atomic E-state index is 12.4. The molecular weight excluding hydrogens is 344 g/mol. The summed E-state index contributed by atoms with van der Waals surface area (Å²) in [5.41, 5.74) is 0.872. The minimum Gasteiger partial charge on any atom is -0.481 e. The summed E-state index contributed by atoms with van der Waals surface area (Å²) in [4.78, 5) is 23.9. The number of carboxylic acids is 1. The topological polar surface area (TPSA) is 72.8 Å². The number of ether oxygens (including phenoxy) is 2. The van der Waals surface area contributed by atoms with Crippen molar-refractivity contribution >= 4 is 12.1 Å². The van der Waals surface area contributed by atoms with Gasteiger partial charge < -0.3 is 14.6 Å². The van der Waals surface area contributed by atoms with E-state index in [4.69, 9.17) is 9.47 Å². The van der Waals surface area contributed by atoms with Crippen molar-refractivity contribution in [3.8, 4) is 5.75 Å². The number of hydrogen-bond donors (Lipinski definition) is 1. The fourth-order valence-electron chi connectivity index (χ4n) is 2.62. The molecule has 5 heteroatoms. The van der Waals surface area contributed by atoms with E-state index in [1.807, 2.05) is 53.7 Å². The number of benzene rings is 1. The number of aliphatic carboxylic acids is 1. The van der Waals surface area contributed by atoms with Crippen LogP contribution in [0, 0.1) is 0 Å². The minimum absolute atomic E-state index is 0.356.